The highest BCUT2D eigenvalue weighted by Crippen LogP contribution is 2.55. The summed E-state index contributed by atoms with van der Waals surface area (Å²) in [6.45, 7) is -0.550. The molecule has 1 aromatic heterocycles. The number of carbonyl (C=O) groups is 1. The number of amides is 2. The highest BCUT2D eigenvalue weighted by molar-refractivity contribution is 5.89. The van der Waals surface area contributed by atoms with Gasteiger partial charge < -0.3 is 30.7 Å². The van der Waals surface area contributed by atoms with Crippen molar-refractivity contribution in [2.45, 2.75) is 68.6 Å². The molecular weight excluding hydrogens is 408 g/mol. The van der Waals surface area contributed by atoms with E-state index in [1.165, 1.54) is 19.3 Å². The standard InChI is InChI=1S/C20H28N4O7/c25-8-13-14(26)15(27)17(31-13)24-7-12(16(28)22-19(24)30)21-18(29)23-20-4-9-1-10(5-20)3-11(2-9)6-20/h7,9-11,13-15,17,25-27H,1-6,8H2,(H2,21,23,29)(H,22,28,30)/t9?,10?,11?,13-,14+,15+,17-,20?/m1/s1. The van der Waals surface area contributed by atoms with Crippen molar-refractivity contribution in [2.75, 3.05) is 11.9 Å². The van der Waals surface area contributed by atoms with E-state index in [1.54, 1.807) is 0 Å². The van der Waals surface area contributed by atoms with Crippen molar-refractivity contribution in [2.24, 2.45) is 17.8 Å². The van der Waals surface area contributed by atoms with Crippen LogP contribution in [0.4, 0.5) is 10.5 Å². The molecule has 31 heavy (non-hydrogen) atoms. The number of rotatable bonds is 4. The zero-order valence-corrected chi connectivity index (χ0v) is 17.0. The van der Waals surface area contributed by atoms with Gasteiger partial charge in [-0.1, -0.05) is 0 Å². The van der Waals surface area contributed by atoms with Crippen LogP contribution < -0.4 is 21.9 Å². The van der Waals surface area contributed by atoms with Crippen molar-refractivity contribution in [1.82, 2.24) is 14.9 Å². The Morgan fingerprint density at radius 2 is 1.74 bits per heavy atom. The van der Waals surface area contributed by atoms with E-state index in [-0.39, 0.29) is 11.2 Å². The van der Waals surface area contributed by atoms with Crippen LogP contribution in [0.1, 0.15) is 44.8 Å². The maximum absolute atomic E-state index is 12.8. The van der Waals surface area contributed by atoms with Crippen molar-refractivity contribution < 1.29 is 24.9 Å². The number of H-pyrrole nitrogens is 1. The van der Waals surface area contributed by atoms with E-state index in [9.17, 15) is 29.7 Å². The zero-order chi connectivity index (χ0) is 21.9. The van der Waals surface area contributed by atoms with Gasteiger partial charge in [0.15, 0.2) is 6.23 Å². The molecule has 170 valence electrons. The summed E-state index contributed by atoms with van der Waals surface area (Å²) in [5, 5.41) is 35.0. The first kappa shape index (κ1) is 20.7. The fourth-order valence-corrected chi connectivity index (χ4v) is 6.53. The van der Waals surface area contributed by atoms with Crippen LogP contribution >= 0.6 is 0 Å². The van der Waals surface area contributed by atoms with E-state index in [1.807, 2.05) is 0 Å². The molecule has 5 aliphatic rings. The Kier molecular flexibility index (Phi) is 4.96. The third-order valence-corrected chi connectivity index (χ3v) is 7.42. The molecule has 6 rings (SSSR count). The third-order valence-electron chi connectivity index (χ3n) is 7.42. The number of aliphatic hydroxyl groups excluding tert-OH is 3. The van der Waals surface area contributed by atoms with E-state index in [4.69, 9.17) is 4.74 Å². The van der Waals surface area contributed by atoms with Gasteiger partial charge in [-0.2, -0.15) is 0 Å². The first-order valence-corrected chi connectivity index (χ1v) is 10.8. The van der Waals surface area contributed by atoms with Gasteiger partial charge in [0.25, 0.3) is 5.56 Å². The Morgan fingerprint density at radius 1 is 1.13 bits per heavy atom. The lowest BCUT2D eigenvalue weighted by Gasteiger charge is -2.56. The van der Waals surface area contributed by atoms with Gasteiger partial charge >= 0.3 is 11.7 Å². The maximum Gasteiger partial charge on any atom is 0.330 e. The van der Waals surface area contributed by atoms with Crippen molar-refractivity contribution >= 4 is 11.7 Å². The Bertz CT molecular complexity index is 953. The lowest BCUT2D eigenvalue weighted by atomic mass is 9.53. The highest BCUT2D eigenvalue weighted by atomic mass is 16.6. The molecule has 4 saturated carbocycles. The summed E-state index contributed by atoms with van der Waals surface area (Å²) in [6.07, 6.45) is 2.35. The lowest BCUT2D eigenvalue weighted by Crippen LogP contribution is -2.60. The van der Waals surface area contributed by atoms with Crippen molar-refractivity contribution in [3.63, 3.8) is 0 Å². The molecule has 4 aliphatic carbocycles. The Morgan fingerprint density at radius 3 is 2.29 bits per heavy atom. The molecule has 1 aromatic rings. The molecule has 0 spiro atoms. The second kappa shape index (κ2) is 7.44. The van der Waals surface area contributed by atoms with Crippen LogP contribution in [0.25, 0.3) is 0 Å². The van der Waals surface area contributed by atoms with E-state index in [2.05, 4.69) is 15.6 Å². The molecule has 11 nitrogen and oxygen atoms in total. The zero-order valence-electron chi connectivity index (χ0n) is 17.0. The average Bonchev–Trinajstić information content (AvgIpc) is 2.97. The van der Waals surface area contributed by atoms with Crippen LogP contribution in [-0.4, -0.2) is 61.4 Å². The number of aromatic nitrogens is 2. The molecule has 2 heterocycles. The molecule has 0 aromatic carbocycles. The molecular formula is C20H28N4O7. The number of hydrogen-bond donors (Lipinski definition) is 6. The number of anilines is 1. The van der Waals surface area contributed by atoms with E-state index in [0.717, 1.165) is 30.0 Å². The highest BCUT2D eigenvalue weighted by Gasteiger charge is 2.51. The number of urea groups is 1. The summed E-state index contributed by atoms with van der Waals surface area (Å²) in [7, 11) is 0. The molecule has 1 aliphatic heterocycles. The number of aromatic amines is 1. The van der Waals surface area contributed by atoms with Crippen LogP contribution in [-0.2, 0) is 4.74 Å². The van der Waals surface area contributed by atoms with Crippen LogP contribution in [0, 0.1) is 17.8 Å². The summed E-state index contributed by atoms with van der Waals surface area (Å²) in [5.74, 6) is 1.93. The maximum atomic E-state index is 12.8. The predicted molar refractivity (Wildman–Crippen MR) is 107 cm³/mol. The van der Waals surface area contributed by atoms with Crippen molar-refractivity contribution in [3.8, 4) is 0 Å². The molecule has 1 saturated heterocycles. The average molecular weight is 436 g/mol. The van der Waals surface area contributed by atoms with E-state index < -0.39 is 48.4 Å². The first-order valence-electron chi connectivity index (χ1n) is 10.8. The molecule has 4 bridgehead atoms. The van der Waals surface area contributed by atoms with E-state index >= 15 is 0 Å². The third kappa shape index (κ3) is 3.59. The number of hydrogen-bond acceptors (Lipinski definition) is 7. The molecule has 5 fully saturated rings. The second-order valence-corrected chi connectivity index (χ2v) is 9.72. The summed E-state index contributed by atoms with van der Waals surface area (Å²) in [4.78, 5) is 39.4. The summed E-state index contributed by atoms with van der Waals surface area (Å²) in [5.41, 5.74) is -2.08. The van der Waals surface area contributed by atoms with Gasteiger partial charge in [0, 0.05) is 11.7 Å². The number of carbonyl (C=O) groups excluding carboxylic acids is 1. The minimum absolute atomic E-state index is 0.181. The number of nitrogens with zero attached hydrogens (tertiary/aromatic N) is 1. The van der Waals surface area contributed by atoms with Gasteiger partial charge in [0.05, 0.1) is 6.61 Å². The molecule has 6 N–H and O–H groups in total. The minimum Gasteiger partial charge on any atom is -0.394 e. The first-order chi connectivity index (χ1) is 14.8. The Hall–Kier alpha value is -2.21. The van der Waals surface area contributed by atoms with Crippen molar-refractivity contribution in [1.29, 1.82) is 0 Å². The predicted octanol–water partition coefficient (Wildman–Crippen LogP) is -0.762. The number of aliphatic hydroxyl groups is 3. The normalized spacial score (nSPS) is 40.8. The van der Waals surface area contributed by atoms with Gasteiger partial charge in [-0.3, -0.25) is 14.3 Å². The van der Waals surface area contributed by atoms with Gasteiger partial charge in [-0.25, -0.2) is 9.59 Å². The van der Waals surface area contributed by atoms with Gasteiger partial charge in [0.1, 0.15) is 24.0 Å². The number of ether oxygens (including phenoxy) is 1. The molecule has 11 heteroatoms. The smallest absolute Gasteiger partial charge is 0.330 e. The van der Waals surface area contributed by atoms with Gasteiger partial charge in [0.2, 0.25) is 0 Å². The summed E-state index contributed by atoms with van der Waals surface area (Å²) >= 11 is 0. The fourth-order valence-electron chi connectivity index (χ4n) is 6.53. The number of nitrogens with one attached hydrogen (secondary N) is 3. The monoisotopic (exact) mass is 436 g/mol. The van der Waals surface area contributed by atoms with Crippen LogP contribution in [0.15, 0.2) is 15.8 Å². The Labute approximate surface area is 177 Å². The quantitative estimate of drug-likeness (QED) is 0.361. The van der Waals surface area contributed by atoms with Crippen molar-refractivity contribution in [3.05, 3.63) is 27.0 Å². The minimum atomic E-state index is -1.49. The van der Waals surface area contributed by atoms with Gasteiger partial charge in [-0.15, -0.1) is 0 Å². The molecule has 4 atom stereocenters. The fraction of sp³-hybridized carbons (Fsp3) is 0.750. The van der Waals surface area contributed by atoms with E-state index in [0.29, 0.717) is 17.8 Å². The van der Waals surface area contributed by atoms with Crippen LogP contribution in [0.5, 0.6) is 0 Å². The molecule has 0 unspecified atom stereocenters. The van der Waals surface area contributed by atoms with Gasteiger partial charge in [-0.05, 0) is 56.3 Å². The lowest BCUT2D eigenvalue weighted by molar-refractivity contribution is -0.0549. The topological polar surface area (TPSA) is 166 Å². The largest absolute Gasteiger partial charge is 0.394 e. The summed E-state index contributed by atoms with van der Waals surface area (Å²) in [6, 6.07) is -0.515. The summed E-state index contributed by atoms with van der Waals surface area (Å²) < 4.78 is 6.25. The molecule has 0 radical (unpaired) electrons. The van der Waals surface area contributed by atoms with Crippen LogP contribution in [0.3, 0.4) is 0 Å². The van der Waals surface area contributed by atoms with Crippen LogP contribution in [0.2, 0.25) is 0 Å². The molecule has 2 amide bonds. The SMILES string of the molecule is O=C(Nc1cn([C@@H]2O[C@H](CO)[C@H](O)[C@@H]2O)c(=O)[nH]c1=O)NC12CC3CC(CC(C3)C1)C2. The second-order valence-electron chi connectivity index (χ2n) is 9.72. The Balaban J connectivity index is 1.34.